The van der Waals surface area contributed by atoms with Gasteiger partial charge in [0.25, 0.3) is 5.89 Å². The van der Waals surface area contributed by atoms with Crippen molar-refractivity contribution in [2.24, 2.45) is 0 Å². The molecule has 0 fully saturated rings. The van der Waals surface area contributed by atoms with Crippen LogP contribution in [0.15, 0.2) is 77.4 Å². The molecule has 0 aliphatic rings. The van der Waals surface area contributed by atoms with Crippen molar-refractivity contribution in [1.82, 2.24) is 15.1 Å². The van der Waals surface area contributed by atoms with Crippen molar-refractivity contribution in [2.75, 3.05) is 0 Å². The van der Waals surface area contributed by atoms with Gasteiger partial charge in [0, 0.05) is 22.3 Å². The van der Waals surface area contributed by atoms with Gasteiger partial charge in [0.15, 0.2) is 0 Å². The van der Waals surface area contributed by atoms with Crippen LogP contribution in [-0.4, -0.2) is 15.1 Å². The first-order valence-electron chi connectivity index (χ1n) is 7.42. The van der Waals surface area contributed by atoms with Crippen molar-refractivity contribution in [1.29, 1.82) is 0 Å². The molecule has 4 aromatic rings. The maximum Gasteiger partial charge on any atom is 0.260 e. The second-order valence-electron chi connectivity index (χ2n) is 5.20. The average molecular weight is 334 g/mol. The van der Waals surface area contributed by atoms with E-state index in [-0.39, 0.29) is 0 Å². The second kappa shape index (κ2) is 6.26. The fraction of sp³-hybridized carbons (Fsp3) is 0. The van der Waals surface area contributed by atoms with Crippen molar-refractivity contribution in [2.45, 2.75) is 0 Å². The number of rotatable bonds is 3. The van der Waals surface area contributed by atoms with Crippen LogP contribution < -0.4 is 0 Å². The summed E-state index contributed by atoms with van der Waals surface area (Å²) in [6.45, 7) is 0. The Bertz CT molecular complexity index is 983. The van der Waals surface area contributed by atoms with E-state index in [1.165, 1.54) is 0 Å². The van der Waals surface area contributed by atoms with Crippen LogP contribution in [0.2, 0.25) is 5.02 Å². The van der Waals surface area contributed by atoms with E-state index in [1.54, 1.807) is 18.3 Å². The van der Waals surface area contributed by atoms with Crippen molar-refractivity contribution < 1.29 is 4.52 Å². The van der Waals surface area contributed by atoms with E-state index in [1.807, 2.05) is 54.6 Å². The number of hydrogen-bond donors (Lipinski definition) is 0. The fourth-order valence-corrected chi connectivity index (χ4v) is 2.67. The molecular weight excluding hydrogens is 322 g/mol. The summed E-state index contributed by atoms with van der Waals surface area (Å²) in [6, 6.07) is 21.0. The van der Waals surface area contributed by atoms with Gasteiger partial charge in [0.05, 0.1) is 11.3 Å². The van der Waals surface area contributed by atoms with Crippen LogP contribution in [0.3, 0.4) is 0 Å². The summed E-state index contributed by atoms with van der Waals surface area (Å²) in [5, 5.41) is 4.70. The third-order valence-corrected chi connectivity index (χ3v) is 3.83. The van der Waals surface area contributed by atoms with E-state index in [4.69, 9.17) is 16.1 Å². The van der Waals surface area contributed by atoms with Gasteiger partial charge in [0.1, 0.15) is 0 Å². The zero-order valence-corrected chi connectivity index (χ0v) is 13.3. The number of hydrogen-bond acceptors (Lipinski definition) is 4. The molecule has 2 heterocycles. The molecule has 2 aromatic heterocycles. The molecule has 24 heavy (non-hydrogen) atoms. The van der Waals surface area contributed by atoms with Gasteiger partial charge >= 0.3 is 0 Å². The third-order valence-electron chi connectivity index (χ3n) is 3.59. The lowest BCUT2D eigenvalue weighted by Gasteiger charge is -2.04. The standard InChI is InChI=1S/C19H12ClN3O/c20-15-9-4-8-14(12-15)18-22-19(24-23-18)16-10-5-11-21-17(16)13-6-2-1-3-7-13/h1-12H. The van der Waals surface area contributed by atoms with Gasteiger partial charge in [0.2, 0.25) is 5.82 Å². The maximum atomic E-state index is 6.03. The molecule has 0 aliphatic carbocycles. The van der Waals surface area contributed by atoms with Crippen LogP contribution in [0.4, 0.5) is 0 Å². The molecule has 0 saturated carbocycles. The first-order chi connectivity index (χ1) is 11.8. The fourth-order valence-electron chi connectivity index (χ4n) is 2.48. The Balaban J connectivity index is 1.79. The largest absolute Gasteiger partial charge is 0.334 e. The van der Waals surface area contributed by atoms with Crippen molar-refractivity contribution in [3.05, 3.63) is 77.9 Å². The van der Waals surface area contributed by atoms with E-state index in [9.17, 15) is 0 Å². The summed E-state index contributed by atoms with van der Waals surface area (Å²) >= 11 is 6.03. The average Bonchev–Trinajstić information content (AvgIpc) is 3.12. The molecule has 0 N–H and O–H groups in total. The van der Waals surface area contributed by atoms with E-state index < -0.39 is 0 Å². The number of aromatic nitrogens is 3. The normalized spacial score (nSPS) is 10.7. The minimum Gasteiger partial charge on any atom is -0.334 e. The van der Waals surface area contributed by atoms with Crippen LogP contribution in [0.1, 0.15) is 0 Å². The van der Waals surface area contributed by atoms with Crippen LogP contribution >= 0.6 is 11.6 Å². The Hall–Kier alpha value is -2.98. The molecule has 0 bridgehead atoms. The smallest absolute Gasteiger partial charge is 0.260 e. The maximum absolute atomic E-state index is 6.03. The highest BCUT2D eigenvalue weighted by Gasteiger charge is 2.15. The highest BCUT2D eigenvalue weighted by molar-refractivity contribution is 6.30. The summed E-state index contributed by atoms with van der Waals surface area (Å²) in [5.74, 6) is 0.923. The van der Waals surface area contributed by atoms with E-state index in [2.05, 4.69) is 15.1 Å². The van der Waals surface area contributed by atoms with Crippen LogP contribution in [0, 0.1) is 0 Å². The van der Waals surface area contributed by atoms with Gasteiger partial charge in [-0.25, -0.2) is 0 Å². The molecule has 116 valence electrons. The first-order valence-corrected chi connectivity index (χ1v) is 7.79. The summed E-state index contributed by atoms with van der Waals surface area (Å²) in [6.07, 6.45) is 1.75. The van der Waals surface area contributed by atoms with E-state index >= 15 is 0 Å². The van der Waals surface area contributed by atoms with Gasteiger partial charge in [-0.1, -0.05) is 59.2 Å². The van der Waals surface area contributed by atoms with E-state index in [0.717, 1.165) is 22.4 Å². The van der Waals surface area contributed by atoms with Crippen LogP contribution in [-0.2, 0) is 0 Å². The third kappa shape index (κ3) is 2.79. The molecule has 0 aliphatic heterocycles. The Morgan fingerprint density at radius 1 is 0.833 bits per heavy atom. The number of nitrogens with zero attached hydrogens (tertiary/aromatic N) is 3. The lowest BCUT2D eigenvalue weighted by Crippen LogP contribution is -1.89. The molecule has 4 nitrogen and oxygen atoms in total. The molecule has 0 radical (unpaired) electrons. The van der Waals surface area contributed by atoms with Crippen LogP contribution in [0.25, 0.3) is 34.1 Å². The molecule has 5 heteroatoms. The molecule has 0 saturated heterocycles. The Labute approximate surface area is 143 Å². The number of benzene rings is 2. The minimum atomic E-state index is 0.428. The first kappa shape index (κ1) is 14.6. The van der Waals surface area contributed by atoms with Crippen molar-refractivity contribution in [3.8, 4) is 34.1 Å². The monoisotopic (exact) mass is 333 g/mol. The zero-order valence-electron chi connectivity index (χ0n) is 12.6. The summed E-state index contributed by atoms with van der Waals surface area (Å²) in [5.41, 5.74) is 3.40. The topological polar surface area (TPSA) is 51.8 Å². The Kier molecular flexibility index (Phi) is 3.81. The minimum absolute atomic E-state index is 0.428. The molecule has 0 spiro atoms. The summed E-state index contributed by atoms with van der Waals surface area (Å²) < 4.78 is 5.46. The van der Waals surface area contributed by atoms with E-state index in [0.29, 0.717) is 16.7 Å². The SMILES string of the molecule is Clc1cccc(-c2noc(-c3cccnc3-c3ccccc3)n2)c1. The zero-order chi connectivity index (χ0) is 16.4. The second-order valence-corrected chi connectivity index (χ2v) is 5.64. The molecule has 0 atom stereocenters. The molecule has 2 aromatic carbocycles. The highest BCUT2D eigenvalue weighted by Crippen LogP contribution is 2.30. The van der Waals surface area contributed by atoms with Crippen LogP contribution in [0.5, 0.6) is 0 Å². The van der Waals surface area contributed by atoms with Gasteiger partial charge in [-0.2, -0.15) is 4.98 Å². The lowest BCUT2D eigenvalue weighted by atomic mass is 10.1. The summed E-state index contributed by atoms with van der Waals surface area (Å²) in [7, 11) is 0. The molecule has 0 unspecified atom stereocenters. The van der Waals surface area contributed by atoms with Crippen molar-refractivity contribution >= 4 is 11.6 Å². The quantitative estimate of drug-likeness (QED) is 0.522. The van der Waals surface area contributed by atoms with Crippen molar-refractivity contribution in [3.63, 3.8) is 0 Å². The molecule has 0 amide bonds. The highest BCUT2D eigenvalue weighted by atomic mass is 35.5. The van der Waals surface area contributed by atoms with Gasteiger partial charge < -0.3 is 4.52 Å². The predicted molar refractivity (Wildman–Crippen MR) is 93.4 cm³/mol. The number of pyridine rings is 1. The Morgan fingerprint density at radius 3 is 2.50 bits per heavy atom. The van der Waals surface area contributed by atoms with Gasteiger partial charge in [-0.05, 0) is 24.3 Å². The summed E-state index contributed by atoms with van der Waals surface area (Å²) in [4.78, 5) is 8.97. The molecule has 4 rings (SSSR count). The lowest BCUT2D eigenvalue weighted by molar-refractivity contribution is 0.432. The number of halogens is 1. The molecular formula is C19H12ClN3O. The predicted octanol–water partition coefficient (Wildman–Crippen LogP) is 5.12. The van der Waals surface area contributed by atoms with Gasteiger partial charge in [-0.3, -0.25) is 4.98 Å². The van der Waals surface area contributed by atoms with Gasteiger partial charge in [-0.15, -0.1) is 0 Å². The Morgan fingerprint density at radius 2 is 1.67 bits per heavy atom.